The minimum Gasteiger partial charge on any atom is -0.315 e. The third-order valence-electron chi connectivity index (χ3n) is 3.98. The minimum atomic E-state index is -2.78. The van der Waals surface area contributed by atoms with Crippen LogP contribution in [0.1, 0.15) is 20.3 Å². The monoisotopic (exact) mass is 246 g/mol. The van der Waals surface area contributed by atoms with Crippen LogP contribution >= 0.6 is 0 Å². The topological polar surface area (TPSA) is 49.4 Å². The molecule has 0 spiro atoms. The van der Waals surface area contributed by atoms with Gasteiger partial charge in [-0.1, -0.05) is 13.3 Å². The molecule has 1 N–H and O–H groups in total. The fraction of sp³-hybridized carbons (Fsp3) is 1.00. The van der Waals surface area contributed by atoms with Gasteiger partial charge in [-0.15, -0.1) is 0 Å². The molecule has 0 aromatic heterocycles. The third-order valence-corrected chi connectivity index (χ3v) is 5.77. The number of nitrogens with one attached hydrogen (secondary N) is 1. The molecule has 0 aromatic carbocycles. The molecule has 3 atom stereocenters. The number of hydrogen-bond donors (Lipinski definition) is 1. The van der Waals surface area contributed by atoms with Crippen molar-refractivity contribution in [3.05, 3.63) is 0 Å². The van der Waals surface area contributed by atoms with E-state index >= 15 is 0 Å². The first-order valence-electron chi connectivity index (χ1n) is 6.20. The number of nitrogens with zero attached hydrogens (tertiary/aromatic N) is 1. The van der Waals surface area contributed by atoms with Crippen LogP contribution in [-0.2, 0) is 9.84 Å². The lowest BCUT2D eigenvalue weighted by molar-refractivity contribution is 0.135. The van der Waals surface area contributed by atoms with Gasteiger partial charge in [0.25, 0.3) is 0 Å². The second-order valence-corrected chi connectivity index (χ2v) is 7.32. The van der Waals surface area contributed by atoms with Gasteiger partial charge in [-0.25, -0.2) is 8.42 Å². The van der Waals surface area contributed by atoms with E-state index in [0.717, 1.165) is 13.1 Å². The van der Waals surface area contributed by atoms with E-state index in [1.165, 1.54) is 6.42 Å². The lowest BCUT2D eigenvalue weighted by Gasteiger charge is -2.39. The van der Waals surface area contributed by atoms with E-state index in [4.69, 9.17) is 0 Å². The summed E-state index contributed by atoms with van der Waals surface area (Å²) in [4.78, 5) is 2.40. The molecular weight excluding hydrogens is 224 g/mol. The van der Waals surface area contributed by atoms with Crippen LogP contribution in [0.3, 0.4) is 0 Å². The summed E-state index contributed by atoms with van der Waals surface area (Å²) in [6.07, 6.45) is 1.17. The summed E-state index contributed by atoms with van der Waals surface area (Å²) in [5.74, 6) is 1.35. The summed E-state index contributed by atoms with van der Waals surface area (Å²) in [5.41, 5.74) is 0. The molecule has 2 fully saturated rings. The molecule has 2 aliphatic heterocycles. The Balaban J connectivity index is 2.05. The van der Waals surface area contributed by atoms with Crippen molar-refractivity contribution in [2.24, 2.45) is 5.92 Å². The third kappa shape index (κ3) is 2.41. The summed E-state index contributed by atoms with van der Waals surface area (Å²) >= 11 is 0. The van der Waals surface area contributed by atoms with Gasteiger partial charge < -0.3 is 5.32 Å². The summed E-state index contributed by atoms with van der Waals surface area (Å²) in [6.45, 7) is 7.07. The highest BCUT2D eigenvalue weighted by atomic mass is 32.2. The van der Waals surface area contributed by atoms with Gasteiger partial charge in [0.1, 0.15) is 0 Å². The van der Waals surface area contributed by atoms with Crippen LogP contribution in [0.4, 0.5) is 0 Å². The fourth-order valence-corrected chi connectivity index (χ4v) is 4.61. The molecule has 0 bridgehead atoms. The largest absolute Gasteiger partial charge is 0.315 e. The van der Waals surface area contributed by atoms with Gasteiger partial charge in [0, 0.05) is 25.2 Å². The highest BCUT2D eigenvalue weighted by molar-refractivity contribution is 7.91. The van der Waals surface area contributed by atoms with Crippen LogP contribution < -0.4 is 5.32 Å². The van der Waals surface area contributed by atoms with Gasteiger partial charge in [-0.2, -0.15) is 0 Å². The van der Waals surface area contributed by atoms with Gasteiger partial charge in [0.2, 0.25) is 0 Å². The molecular formula is C11H22N2O2S. The normalized spacial score (nSPS) is 40.0. The average Bonchev–Trinajstić information content (AvgIpc) is 2.64. The van der Waals surface area contributed by atoms with Gasteiger partial charge in [-0.05, 0) is 19.4 Å². The molecule has 4 nitrogen and oxygen atoms in total. The van der Waals surface area contributed by atoms with Crippen molar-refractivity contribution >= 4 is 9.84 Å². The Morgan fingerprint density at radius 1 is 1.38 bits per heavy atom. The maximum atomic E-state index is 11.5. The molecule has 5 heteroatoms. The predicted molar refractivity (Wildman–Crippen MR) is 65.3 cm³/mol. The molecule has 2 heterocycles. The summed E-state index contributed by atoms with van der Waals surface area (Å²) < 4.78 is 23.1. The molecule has 2 saturated heterocycles. The molecule has 0 aliphatic carbocycles. The highest BCUT2D eigenvalue weighted by Crippen LogP contribution is 2.24. The quantitative estimate of drug-likeness (QED) is 0.751. The van der Waals surface area contributed by atoms with E-state index in [-0.39, 0.29) is 6.04 Å². The van der Waals surface area contributed by atoms with Crippen molar-refractivity contribution in [1.29, 1.82) is 0 Å². The van der Waals surface area contributed by atoms with Crippen LogP contribution in [0.2, 0.25) is 0 Å². The van der Waals surface area contributed by atoms with Gasteiger partial charge >= 0.3 is 0 Å². The van der Waals surface area contributed by atoms with Crippen molar-refractivity contribution in [2.75, 3.05) is 31.1 Å². The SMILES string of the molecule is CCC1CNCC1N1CCS(=O)(=O)CC1C. The van der Waals surface area contributed by atoms with E-state index in [0.29, 0.717) is 30.0 Å². The van der Waals surface area contributed by atoms with Crippen LogP contribution in [0, 0.1) is 5.92 Å². The summed E-state index contributed by atoms with van der Waals surface area (Å²) in [6, 6.07) is 0.716. The Kier molecular flexibility index (Phi) is 3.56. The van der Waals surface area contributed by atoms with Gasteiger partial charge in [-0.3, -0.25) is 4.90 Å². The first-order valence-corrected chi connectivity index (χ1v) is 8.02. The molecule has 2 rings (SSSR count). The van der Waals surface area contributed by atoms with E-state index in [1.54, 1.807) is 0 Å². The van der Waals surface area contributed by atoms with Crippen molar-refractivity contribution < 1.29 is 8.42 Å². The van der Waals surface area contributed by atoms with Gasteiger partial charge in [0.05, 0.1) is 11.5 Å². The first kappa shape index (κ1) is 12.3. The van der Waals surface area contributed by atoms with Crippen molar-refractivity contribution in [3.8, 4) is 0 Å². The molecule has 3 unspecified atom stereocenters. The van der Waals surface area contributed by atoms with E-state index in [9.17, 15) is 8.42 Å². The van der Waals surface area contributed by atoms with Gasteiger partial charge in [0.15, 0.2) is 9.84 Å². The molecule has 0 radical (unpaired) electrons. The molecule has 94 valence electrons. The van der Waals surface area contributed by atoms with Crippen LogP contribution in [0.25, 0.3) is 0 Å². The maximum absolute atomic E-state index is 11.5. The zero-order valence-electron chi connectivity index (χ0n) is 10.1. The Labute approximate surface area is 98.3 Å². The fourth-order valence-electron chi connectivity index (χ4n) is 3.03. The van der Waals surface area contributed by atoms with Crippen molar-refractivity contribution in [3.63, 3.8) is 0 Å². The smallest absolute Gasteiger partial charge is 0.153 e. The zero-order chi connectivity index (χ0) is 11.8. The second kappa shape index (κ2) is 4.63. The van der Waals surface area contributed by atoms with E-state index in [2.05, 4.69) is 17.1 Å². The molecule has 0 saturated carbocycles. The lowest BCUT2D eigenvalue weighted by Crippen LogP contribution is -2.54. The number of rotatable bonds is 2. The number of hydrogen-bond acceptors (Lipinski definition) is 4. The van der Waals surface area contributed by atoms with Crippen LogP contribution in [0.5, 0.6) is 0 Å². The zero-order valence-corrected chi connectivity index (χ0v) is 11.0. The molecule has 0 amide bonds. The molecule has 16 heavy (non-hydrogen) atoms. The minimum absolute atomic E-state index is 0.178. The van der Waals surface area contributed by atoms with E-state index < -0.39 is 9.84 Å². The Morgan fingerprint density at radius 3 is 2.75 bits per heavy atom. The average molecular weight is 246 g/mol. The first-order chi connectivity index (χ1) is 7.53. The summed E-state index contributed by atoms with van der Waals surface area (Å²) in [5, 5.41) is 3.42. The standard InChI is InChI=1S/C11H22N2O2S/c1-3-10-6-12-7-11(10)13-4-5-16(14,15)8-9(13)2/h9-12H,3-8H2,1-2H3. The second-order valence-electron chi connectivity index (χ2n) is 5.10. The predicted octanol–water partition coefficient (Wildman–Crippen LogP) is 0.103. The van der Waals surface area contributed by atoms with Crippen molar-refractivity contribution in [2.45, 2.75) is 32.4 Å². The van der Waals surface area contributed by atoms with Crippen molar-refractivity contribution in [1.82, 2.24) is 10.2 Å². The lowest BCUT2D eigenvalue weighted by atomic mass is 9.98. The molecule has 0 aromatic rings. The Morgan fingerprint density at radius 2 is 2.12 bits per heavy atom. The maximum Gasteiger partial charge on any atom is 0.153 e. The molecule has 2 aliphatic rings. The van der Waals surface area contributed by atoms with Crippen LogP contribution in [0.15, 0.2) is 0 Å². The highest BCUT2D eigenvalue weighted by Gasteiger charge is 2.37. The summed E-state index contributed by atoms with van der Waals surface area (Å²) in [7, 11) is -2.78. The Bertz CT molecular complexity index is 342. The number of sulfone groups is 1. The van der Waals surface area contributed by atoms with Crippen LogP contribution in [-0.4, -0.2) is 56.5 Å². The van der Waals surface area contributed by atoms with E-state index in [1.807, 2.05) is 6.92 Å². The Hall–Kier alpha value is -0.130.